The predicted molar refractivity (Wildman–Crippen MR) is 95.5 cm³/mol. The zero-order valence-electron chi connectivity index (χ0n) is 13.7. The van der Waals surface area contributed by atoms with E-state index < -0.39 is 5.97 Å². The van der Waals surface area contributed by atoms with Gasteiger partial charge in [-0.15, -0.1) is 11.3 Å². The third-order valence-electron chi connectivity index (χ3n) is 4.14. The Labute approximate surface area is 149 Å². The number of aromatic carboxylic acids is 1. The van der Waals surface area contributed by atoms with E-state index in [4.69, 9.17) is 4.74 Å². The van der Waals surface area contributed by atoms with Crippen molar-refractivity contribution in [2.75, 3.05) is 6.61 Å². The van der Waals surface area contributed by atoms with Crippen molar-refractivity contribution in [3.63, 3.8) is 0 Å². The molecule has 0 amide bonds. The SMILES string of the molecule is Cc1cnc(-c2ccc(Cc3cc(C(=O)O)nc4c3OCC4)cc2)s1. The number of aryl methyl sites for hydroxylation is 1. The second-order valence-electron chi connectivity index (χ2n) is 6.00. The number of hydrogen-bond donors (Lipinski definition) is 1. The van der Waals surface area contributed by atoms with Gasteiger partial charge in [-0.2, -0.15) is 0 Å². The van der Waals surface area contributed by atoms with E-state index in [1.807, 2.05) is 37.4 Å². The maximum Gasteiger partial charge on any atom is 0.354 e. The lowest BCUT2D eigenvalue weighted by Gasteiger charge is -2.09. The van der Waals surface area contributed by atoms with Crippen molar-refractivity contribution in [1.82, 2.24) is 9.97 Å². The van der Waals surface area contributed by atoms with Crippen LogP contribution in [0.15, 0.2) is 36.5 Å². The standard InChI is InChI=1S/C19H16N2O3S/c1-11-10-20-18(25-11)13-4-2-12(3-5-13)8-14-9-16(19(22)23)21-15-6-7-24-17(14)15/h2-5,9-10H,6-8H2,1H3,(H,22,23). The number of hydrogen-bond acceptors (Lipinski definition) is 5. The molecule has 0 saturated heterocycles. The smallest absolute Gasteiger partial charge is 0.354 e. The number of pyridine rings is 1. The van der Waals surface area contributed by atoms with Crippen LogP contribution in [0, 0.1) is 6.92 Å². The van der Waals surface area contributed by atoms with Crippen LogP contribution < -0.4 is 4.74 Å². The topological polar surface area (TPSA) is 72.3 Å². The van der Waals surface area contributed by atoms with E-state index in [0.717, 1.165) is 33.1 Å². The normalized spacial score (nSPS) is 12.7. The molecule has 0 bridgehead atoms. The maximum absolute atomic E-state index is 11.3. The molecule has 1 aliphatic heterocycles. The quantitative estimate of drug-likeness (QED) is 0.774. The lowest BCUT2D eigenvalue weighted by Crippen LogP contribution is -2.04. The molecule has 1 aromatic carbocycles. The Morgan fingerprint density at radius 2 is 2.12 bits per heavy atom. The second kappa shape index (κ2) is 6.29. The van der Waals surface area contributed by atoms with Crippen LogP contribution in [0.2, 0.25) is 0 Å². The molecule has 1 aliphatic rings. The minimum atomic E-state index is -1.01. The van der Waals surface area contributed by atoms with Crippen molar-refractivity contribution in [1.29, 1.82) is 0 Å². The number of fused-ring (bicyclic) bond motifs is 1. The Bertz CT molecular complexity index is 948. The van der Waals surface area contributed by atoms with Crippen molar-refractivity contribution in [3.05, 3.63) is 63.9 Å². The predicted octanol–water partition coefficient (Wildman–Crippen LogP) is 3.74. The molecule has 5 nitrogen and oxygen atoms in total. The monoisotopic (exact) mass is 352 g/mol. The first-order valence-electron chi connectivity index (χ1n) is 8.01. The first-order chi connectivity index (χ1) is 12.1. The number of rotatable bonds is 4. The van der Waals surface area contributed by atoms with Gasteiger partial charge in [0.05, 0.1) is 12.3 Å². The zero-order valence-corrected chi connectivity index (χ0v) is 14.5. The van der Waals surface area contributed by atoms with Crippen LogP contribution in [0.25, 0.3) is 10.6 Å². The molecule has 0 unspecified atom stereocenters. The van der Waals surface area contributed by atoms with Gasteiger partial charge in [-0.3, -0.25) is 0 Å². The van der Waals surface area contributed by atoms with Gasteiger partial charge in [0.15, 0.2) is 0 Å². The van der Waals surface area contributed by atoms with Crippen molar-refractivity contribution in [3.8, 4) is 16.3 Å². The Morgan fingerprint density at radius 1 is 1.32 bits per heavy atom. The van der Waals surface area contributed by atoms with Crippen LogP contribution >= 0.6 is 11.3 Å². The molecule has 4 rings (SSSR count). The molecule has 0 aliphatic carbocycles. The lowest BCUT2D eigenvalue weighted by atomic mass is 10.0. The molecule has 126 valence electrons. The van der Waals surface area contributed by atoms with E-state index in [1.165, 1.54) is 4.88 Å². The summed E-state index contributed by atoms with van der Waals surface area (Å²) in [6.07, 6.45) is 3.15. The van der Waals surface area contributed by atoms with Gasteiger partial charge >= 0.3 is 5.97 Å². The molecular weight excluding hydrogens is 336 g/mol. The minimum Gasteiger partial charge on any atom is -0.491 e. The van der Waals surface area contributed by atoms with Crippen LogP contribution in [0.5, 0.6) is 5.75 Å². The Hall–Kier alpha value is -2.73. The molecular formula is C19H16N2O3S. The van der Waals surface area contributed by atoms with Crippen molar-refractivity contribution in [2.45, 2.75) is 19.8 Å². The molecule has 2 aromatic heterocycles. The van der Waals surface area contributed by atoms with E-state index in [1.54, 1.807) is 17.4 Å². The summed E-state index contributed by atoms with van der Waals surface area (Å²) in [5, 5.41) is 10.3. The van der Waals surface area contributed by atoms with E-state index in [2.05, 4.69) is 9.97 Å². The van der Waals surface area contributed by atoms with Crippen molar-refractivity contribution in [2.24, 2.45) is 0 Å². The van der Waals surface area contributed by atoms with Crippen LogP contribution in [0.3, 0.4) is 0 Å². The number of nitrogens with zero attached hydrogens (tertiary/aromatic N) is 2. The molecule has 6 heteroatoms. The molecule has 1 N–H and O–H groups in total. The largest absolute Gasteiger partial charge is 0.491 e. The Kier molecular flexibility index (Phi) is 3.97. The third-order valence-corrected chi connectivity index (χ3v) is 5.10. The summed E-state index contributed by atoms with van der Waals surface area (Å²) in [6, 6.07) is 9.81. The van der Waals surface area contributed by atoms with Gasteiger partial charge in [-0.25, -0.2) is 14.8 Å². The summed E-state index contributed by atoms with van der Waals surface area (Å²) in [6.45, 7) is 2.60. The number of carbonyl (C=O) groups is 1. The summed E-state index contributed by atoms with van der Waals surface area (Å²) in [5.74, 6) is -0.268. The average Bonchev–Trinajstić information content (AvgIpc) is 3.24. The highest BCUT2D eigenvalue weighted by Crippen LogP contribution is 2.31. The second-order valence-corrected chi connectivity index (χ2v) is 7.23. The first kappa shape index (κ1) is 15.8. The Balaban J connectivity index is 1.63. The van der Waals surface area contributed by atoms with Crippen LogP contribution in [-0.4, -0.2) is 27.7 Å². The fourth-order valence-corrected chi connectivity index (χ4v) is 3.72. The van der Waals surface area contributed by atoms with Gasteiger partial charge < -0.3 is 9.84 Å². The van der Waals surface area contributed by atoms with Gasteiger partial charge in [0, 0.05) is 35.0 Å². The number of carboxylic acid groups (broad SMARTS) is 1. The highest BCUT2D eigenvalue weighted by atomic mass is 32.1. The lowest BCUT2D eigenvalue weighted by molar-refractivity contribution is 0.0690. The van der Waals surface area contributed by atoms with E-state index in [0.29, 0.717) is 19.4 Å². The minimum absolute atomic E-state index is 0.0779. The van der Waals surface area contributed by atoms with Gasteiger partial charge in [0.1, 0.15) is 16.5 Å². The summed E-state index contributed by atoms with van der Waals surface area (Å²) in [4.78, 5) is 21.1. The molecule has 0 fully saturated rings. The van der Waals surface area contributed by atoms with Crippen LogP contribution in [0.4, 0.5) is 0 Å². The number of aromatic nitrogens is 2. The first-order valence-corrected chi connectivity index (χ1v) is 8.82. The van der Waals surface area contributed by atoms with Gasteiger partial charge in [0.2, 0.25) is 0 Å². The molecule has 0 radical (unpaired) electrons. The number of carboxylic acids is 1. The Morgan fingerprint density at radius 3 is 2.80 bits per heavy atom. The van der Waals surface area contributed by atoms with Gasteiger partial charge in [-0.05, 0) is 18.6 Å². The number of thiazole rings is 1. The fraction of sp³-hybridized carbons (Fsp3) is 0.211. The molecule has 3 aromatic rings. The molecule has 0 saturated carbocycles. The summed E-state index contributed by atoms with van der Waals surface area (Å²) >= 11 is 1.67. The summed E-state index contributed by atoms with van der Waals surface area (Å²) < 4.78 is 5.67. The molecule has 0 spiro atoms. The third kappa shape index (κ3) is 3.13. The van der Waals surface area contributed by atoms with E-state index in [9.17, 15) is 9.90 Å². The van der Waals surface area contributed by atoms with E-state index >= 15 is 0 Å². The maximum atomic E-state index is 11.3. The fourth-order valence-electron chi connectivity index (χ4n) is 2.95. The zero-order chi connectivity index (χ0) is 17.4. The highest BCUT2D eigenvalue weighted by molar-refractivity contribution is 7.14. The van der Waals surface area contributed by atoms with Gasteiger partial charge in [0.25, 0.3) is 0 Å². The molecule has 25 heavy (non-hydrogen) atoms. The number of benzene rings is 1. The molecule has 3 heterocycles. The number of ether oxygens (including phenoxy) is 1. The van der Waals surface area contributed by atoms with Crippen LogP contribution in [0.1, 0.15) is 32.2 Å². The van der Waals surface area contributed by atoms with Crippen molar-refractivity contribution < 1.29 is 14.6 Å². The summed E-state index contributed by atoms with van der Waals surface area (Å²) in [7, 11) is 0. The highest BCUT2D eigenvalue weighted by Gasteiger charge is 2.21. The van der Waals surface area contributed by atoms with Crippen molar-refractivity contribution >= 4 is 17.3 Å². The molecule has 0 atom stereocenters. The van der Waals surface area contributed by atoms with Crippen LogP contribution in [-0.2, 0) is 12.8 Å². The van der Waals surface area contributed by atoms with E-state index in [-0.39, 0.29) is 5.69 Å². The van der Waals surface area contributed by atoms with Gasteiger partial charge in [-0.1, -0.05) is 24.3 Å². The summed E-state index contributed by atoms with van der Waals surface area (Å²) in [5.41, 5.74) is 3.87. The average molecular weight is 352 g/mol.